The van der Waals surface area contributed by atoms with Gasteiger partial charge in [-0.15, -0.1) is 0 Å². The van der Waals surface area contributed by atoms with Crippen molar-refractivity contribution in [3.8, 4) is 0 Å². The van der Waals surface area contributed by atoms with Crippen LogP contribution in [0.5, 0.6) is 0 Å². The molecule has 0 aromatic heterocycles. The van der Waals surface area contributed by atoms with Crippen LogP contribution in [0, 0.1) is 0 Å². The number of alkyl carbamates (subject to hydrolysis) is 1. The summed E-state index contributed by atoms with van der Waals surface area (Å²) >= 11 is 0. The lowest BCUT2D eigenvalue weighted by molar-refractivity contribution is 0.0483. The molecule has 2 N–H and O–H groups in total. The number of aliphatic hydroxyl groups excluding tert-OH is 1. The molecule has 134 valence electrons. The average molecular weight is 333 g/mol. The van der Waals surface area contributed by atoms with Crippen molar-refractivity contribution in [1.82, 2.24) is 5.32 Å². The summed E-state index contributed by atoms with van der Waals surface area (Å²) in [4.78, 5) is 11.8. The monoisotopic (exact) mass is 333 g/mol. The molecule has 1 amide bonds. The molecule has 0 fully saturated rings. The second-order valence-corrected chi connectivity index (χ2v) is 6.65. The third-order valence-electron chi connectivity index (χ3n) is 3.10. The SMILES string of the molecule is C=C/C=C(C=C)/C(C)=C/C=C(\C)CC(CO)NC(=O)OC(C)(C)C. The predicted molar refractivity (Wildman–Crippen MR) is 101 cm³/mol. The molecule has 0 aliphatic rings. The number of rotatable bonds is 8. The number of hydrogen-bond donors (Lipinski definition) is 2. The average Bonchev–Trinajstić information content (AvgIpc) is 2.47. The predicted octanol–water partition coefficient (Wildman–Crippen LogP) is 4.45. The van der Waals surface area contributed by atoms with Crippen LogP contribution in [0.3, 0.4) is 0 Å². The topological polar surface area (TPSA) is 58.6 Å². The fraction of sp³-hybridized carbons (Fsp3) is 0.450. The van der Waals surface area contributed by atoms with E-state index in [1.54, 1.807) is 32.9 Å². The zero-order valence-corrected chi connectivity index (χ0v) is 15.6. The van der Waals surface area contributed by atoms with Crippen LogP contribution in [0.25, 0.3) is 0 Å². The highest BCUT2D eigenvalue weighted by atomic mass is 16.6. The Morgan fingerprint density at radius 3 is 2.29 bits per heavy atom. The van der Waals surface area contributed by atoms with Crippen LogP contribution in [-0.4, -0.2) is 29.4 Å². The second kappa shape index (κ2) is 10.7. The summed E-state index contributed by atoms with van der Waals surface area (Å²) in [5, 5.41) is 12.1. The summed E-state index contributed by atoms with van der Waals surface area (Å²) in [6.45, 7) is 16.6. The van der Waals surface area contributed by atoms with Gasteiger partial charge in [-0.2, -0.15) is 0 Å². The van der Waals surface area contributed by atoms with Crippen molar-refractivity contribution in [3.05, 3.63) is 60.3 Å². The van der Waals surface area contributed by atoms with Crippen molar-refractivity contribution in [2.24, 2.45) is 0 Å². The van der Waals surface area contributed by atoms with Crippen molar-refractivity contribution in [3.63, 3.8) is 0 Å². The quantitative estimate of drug-likeness (QED) is 0.645. The molecule has 4 nitrogen and oxygen atoms in total. The Bertz CT molecular complexity index is 534. The number of amides is 1. The maximum atomic E-state index is 11.8. The summed E-state index contributed by atoms with van der Waals surface area (Å²) in [6, 6.07) is -0.382. The molecule has 1 atom stereocenters. The van der Waals surface area contributed by atoms with Crippen LogP contribution in [-0.2, 0) is 4.74 Å². The van der Waals surface area contributed by atoms with E-state index in [1.165, 1.54) is 0 Å². The number of allylic oxidation sites excluding steroid dienone is 7. The normalized spacial score (nSPS) is 14.8. The maximum Gasteiger partial charge on any atom is 0.407 e. The lowest BCUT2D eigenvalue weighted by atomic mass is 10.0. The number of aliphatic hydroxyl groups is 1. The van der Waals surface area contributed by atoms with E-state index in [0.29, 0.717) is 6.42 Å². The number of ether oxygens (including phenoxy) is 1. The highest BCUT2D eigenvalue weighted by molar-refractivity contribution is 5.68. The second-order valence-electron chi connectivity index (χ2n) is 6.65. The molecule has 0 aliphatic carbocycles. The molecule has 1 unspecified atom stereocenters. The number of carbonyl (C=O) groups is 1. The Kier molecular flexibility index (Phi) is 9.74. The Balaban J connectivity index is 4.83. The van der Waals surface area contributed by atoms with Gasteiger partial charge < -0.3 is 15.2 Å². The van der Waals surface area contributed by atoms with E-state index in [9.17, 15) is 9.90 Å². The van der Waals surface area contributed by atoms with Crippen LogP contribution in [0.15, 0.2) is 60.3 Å². The first-order valence-electron chi connectivity index (χ1n) is 8.03. The van der Waals surface area contributed by atoms with Crippen molar-refractivity contribution in [2.45, 2.75) is 52.7 Å². The van der Waals surface area contributed by atoms with Crippen LogP contribution in [0.2, 0.25) is 0 Å². The number of hydrogen-bond acceptors (Lipinski definition) is 3. The zero-order chi connectivity index (χ0) is 18.8. The highest BCUT2D eigenvalue weighted by Gasteiger charge is 2.19. The van der Waals surface area contributed by atoms with Gasteiger partial charge in [0.05, 0.1) is 12.6 Å². The van der Waals surface area contributed by atoms with Crippen molar-refractivity contribution < 1.29 is 14.6 Å². The Labute approximate surface area is 146 Å². The molecule has 0 saturated carbocycles. The first kappa shape index (κ1) is 21.9. The lowest BCUT2D eigenvalue weighted by Crippen LogP contribution is -2.41. The van der Waals surface area contributed by atoms with Gasteiger partial charge in [0.1, 0.15) is 5.60 Å². The van der Waals surface area contributed by atoms with Gasteiger partial charge in [0.25, 0.3) is 0 Å². The van der Waals surface area contributed by atoms with Crippen LogP contribution in [0.4, 0.5) is 4.79 Å². The minimum absolute atomic E-state index is 0.151. The van der Waals surface area contributed by atoms with E-state index in [1.807, 2.05) is 32.1 Å². The summed E-state index contributed by atoms with van der Waals surface area (Å²) in [5.41, 5.74) is 2.53. The van der Waals surface area contributed by atoms with Crippen molar-refractivity contribution >= 4 is 6.09 Å². The summed E-state index contributed by atoms with van der Waals surface area (Å²) in [6.07, 6.45) is 9.35. The molecule has 0 saturated heterocycles. The molecule has 0 radical (unpaired) electrons. The molecule has 0 aromatic rings. The first-order valence-corrected chi connectivity index (χ1v) is 8.03. The van der Waals surface area contributed by atoms with Gasteiger partial charge in [0.2, 0.25) is 0 Å². The highest BCUT2D eigenvalue weighted by Crippen LogP contribution is 2.13. The Hall–Kier alpha value is -2.07. The third-order valence-corrected chi connectivity index (χ3v) is 3.10. The van der Waals surface area contributed by atoms with E-state index >= 15 is 0 Å². The van der Waals surface area contributed by atoms with Crippen molar-refractivity contribution in [1.29, 1.82) is 0 Å². The first-order chi connectivity index (χ1) is 11.1. The zero-order valence-electron chi connectivity index (χ0n) is 15.6. The van der Waals surface area contributed by atoms with E-state index in [0.717, 1.165) is 16.7 Å². The molecule has 0 aromatic carbocycles. The summed E-state index contributed by atoms with van der Waals surface area (Å²) in [7, 11) is 0. The number of nitrogens with one attached hydrogen (secondary N) is 1. The lowest BCUT2D eigenvalue weighted by Gasteiger charge is -2.22. The van der Waals surface area contributed by atoms with Gasteiger partial charge in [0.15, 0.2) is 0 Å². The minimum atomic E-state index is -0.562. The smallest absolute Gasteiger partial charge is 0.407 e. The number of carbonyl (C=O) groups excluding carboxylic acids is 1. The molecular weight excluding hydrogens is 302 g/mol. The Morgan fingerprint density at radius 1 is 1.21 bits per heavy atom. The standard InChI is InChI=1S/C20H31NO3/c1-8-10-17(9-2)16(4)12-11-15(3)13-18(14-22)21-19(23)24-20(5,6)7/h8-12,18,22H,1-2,13-14H2,3-7H3,(H,21,23)/b15-11+,16-12+,17-10+. The van der Waals surface area contributed by atoms with E-state index in [4.69, 9.17) is 4.74 Å². The van der Waals surface area contributed by atoms with Crippen LogP contribution >= 0.6 is 0 Å². The van der Waals surface area contributed by atoms with Gasteiger partial charge in [-0.3, -0.25) is 0 Å². The molecular formula is C20H31NO3. The van der Waals surface area contributed by atoms with Crippen LogP contribution in [0.1, 0.15) is 41.0 Å². The van der Waals surface area contributed by atoms with Gasteiger partial charge in [-0.1, -0.05) is 49.1 Å². The van der Waals surface area contributed by atoms with Gasteiger partial charge in [-0.05, 0) is 52.2 Å². The molecule has 0 aliphatic heterocycles. The van der Waals surface area contributed by atoms with Gasteiger partial charge in [0, 0.05) is 0 Å². The molecule has 0 rings (SSSR count). The maximum absolute atomic E-state index is 11.8. The van der Waals surface area contributed by atoms with Gasteiger partial charge >= 0.3 is 6.09 Å². The molecule has 4 heteroatoms. The minimum Gasteiger partial charge on any atom is -0.444 e. The Morgan fingerprint density at radius 2 is 1.83 bits per heavy atom. The fourth-order valence-electron chi connectivity index (χ4n) is 1.94. The van der Waals surface area contributed by atoms with Gasteiger partial charge in [-0.25, -0.2) is 4.79 Å². The summed E-state index contributed by atoms with van der Waals surface area (Å²) in [5.74, 6) is 0. The molecule has 0 spiro atoms. The van der Waals surface area contributed by atoms with E-state index in [2.05, 4.69) is 18.5 Å². The fourth-order valence-corrected chi connectivity index (χ4v) is 1.94. The van der Waals surface area contributed by atoms with Crippen LogP contribution < -0.4 is 5.32 Å². The largest absolute Gasteiger partial charge is 0.444 e. The molecule has 24 heavy (non-hydrogen) atoms. The third kappa shape index (κ3) is 9.85. The molecule has 0 heterocycles. The van der Waals surface area contributed by atoms with Crippen molar-refractivity contribution in [2.75, 3.05) is 6.61 Å². The van der Waals surface area contributed by atoms with E-state index < -0.39 is 11.7 Å². The van der Waals surface area contributed by atoms with E-state index in [-0.39, 0.29) is 12.6 Å². The molecule has 0 bridgehead atoms. The summed E-state index contributed by atoms with van der Waals surface area (Å²) < 4.78 is 5.20.